The molecule has 0 bridgehead atoms. The first-order valence-electron chi connectivity index (χ1n) is 10.7. The zero-order chi connectivity index (χ0) is 21.8. The van der Waals surface area contributed by atoms with Crippen molar-refractivity contribution in [2.75, 3.05) is 24.7 Å². The summed E-state index contributed by atoms with van der Waals surface area (Å²) in [6, 6.07) is 9.69. The first-order chi connectivity index (χ1) is 15.0. The van der Waals surface area contributed by atoms with Gasteiger partial charge >= 0.3 is 0 Å². The van der Waals surface area contributed by atoms with Crippen LogP contribution in [0.25, 0.3) is 0 Å². The zero-order valence-electron chi connectivity index (χ0n) is 17.7. The van der Waals surface area contributed by atoms with Crippen molar-refractivity contribution in [2.24, 2.45) is 5.73 Å². The van der Waals surface area contributed by atoms with E-state index < -0.39 is 5.91 Å². The number of fused-ring (bicyclic) bond motifs is 1. The number of primary amides is 1. The molecule has 31 heavy (non-hydrogen) atoms. The number of aryl methyl sites for hydroxylation is 1. The smallest absolute Gasteiger partial charge is 0.255 e. The third-order valence-electron chi connectivity index (χ3n) is 5.73. The minimum absolute atomic E-state index is 0.0176. The molecule has 164 valence electrons. The molecule has 2 aromatic rings. The van der Waals surface area contributed by atoms with Gasteiger partial charge in [-0.3, -0.25) is 9.59 Å². The van der Waals surface area contributed by atoms with E-state index in [0.29, 0.717) is 24.5 Å². The number of nitrogens with zero attached hydrogens (tertiary/aromatic N) is 2. The summed E-state index contributed by atoms with van der Waals surface area (Å²) in [4.78, 5) is 30.5. The lowest BCUT2D eigenvalue weighted by Crippen LogP contribution is -2.40. The van der Waals surface area contributed by atoms with E-state index in [-0.39, 0.29) is 24.7 Å². The Morgan fingerprint density at radius 3 is 2.74 bits per heavy atom. The second-order valence-electron chi connectivity index (χ2n) is 8.07. The van der Waals surface area contributed by atoms with Crippen LogP contribution in [0.4, 0.5) is 11.5 Å². The minimum atomic E-state index is -0.459. The molecule has 2 aliphatic rings. The van der Waals surface area contributed by atoms with Crippen LogP contribution < -0.4 is 20.7 Å². The first kappa shape index (κ1) is 21.1. The molecule has 2 heterocycles. The molecular formula is C23H28N4O4. The molecular weight excluding hydrogens is 396 g/mol. The van der Waals surface area contributed by atoms with Crippen molar-refractivity contribution >= 4 is 23.3 Å². The van der Waals surface area contributed by atoms with Gasteiger partial charge in [0.05, 0.1) is 23.9 Å². The number of rotatable bonds is 6. The highest BCUT2D eigenvalue weighted by atomic mass is 16.5. The Bertz CT molecular complexity index is 939. The summed E-state index contributed by atoms with van der Waals surface area (Å²) in [6.07, 6.45) is 5.02. The Kier molecular flexibility index (Phi) is 6.36. The number of carbonyl (C=O) groups is 2. The lowest BCUT2D eigenvalue weighted by atomic mass is 9.92. The fourth-order valence-corrected chi connectivity index (χ4v) is 4.12. The molecule has 1 fully saturated rings. The number of nitrogens with two attached hydrogens (primary N) is 1. The van der Waals surface area contributed by atoms with Crippen molar-refractivity contribution in [1.82, 2.24) is 10.3 Å². The van der Waals surface area contributed by atoms with Crippen LogP contribution >= 0.6 is 0 Å². The molecule has 1 aliphatic carbocycles. The van der Waals surface area contributed by atoms with Gasteiger partial charge in [-0.15, -0.1) is 0 Å². The average Bonchev–Trinajstić information content (AvgIpc) is 2.78. The van der Waals surface area contributed by atoms with E-state index in [0.717, 1.165) is 42.8 Å². The lowest BCUT2D eigenvalue weighted by molar-refractivity contribution is -0.125. The molecule has 8 nitrogen and oxygen atoms in total. The van der Waals surface area contributed by atoms with Crippen LogP contribution in [-0.4, -0.2) is 48.7 Å². The summed E-state index contributed by atoms with van der Waals surface area (Å²) >= 11 is 0. The van der Waals surface area contributed by atoms with E-state index in [4.69, 9.17) is 15.2 Å². The molecule has 0 radical (unpaired) electrons. The maximum atomic E-state index is 13.1. The van der Waals surface area contributed by atoms with Gasteiger partial charge in [-0.25, -0.2) is 4.98 Å². The summed E-state index contributed by atoms with van der Waals surface area (Å²) in [5.41, 5.74) is 7.61. The molecule has 2 amide bonds. The number of para-hydroxylation sites is 1. The number of amides is 2. The van der Waals surface area contributed by atoms with E-state index in [2.05, 4.69) is 15.2 Å². The number of benzene rings is 1. The van der Waals surface area contributed by atoms with Gasteiger partial charge in [-0.2, -0.15) is 0 Å². The fourth-order valence-electron chi connectivity index (χ4n) is 4.12. The SMILES string of the molecule is Cc1ccc(N2CCOc3c(C(=O)NC4CCC(OCC(N)=O)CC4)cccc32)nc1. The quantitative estimate of drug-likeness (QED) is 0.738. The Labute approximate surface area is 181 Å². The summed E-state index contributed by atoms with van der Waals surface area (Å²) in [6.45, 7) is 3.10. The van der Waals surface area contributed by atoms with Crippen LogP contribution in [0.2, 0.25) is 0 Å². The van der Waals surface area contributed by atoms with Crippen LogP contribution in [0, 0.1) is 6.92 Å². The largest absolute Gasteiger partial charge is 0.489 e. The maximum Gasteiger partial charge on any atom is 0.255 e. The number of hydrogen-bond donors (Lipinski definition) is 2. The normalized spacial score (nSPS) is 20.5. The molecule has 3 N–H and O–H groups in total. The molecule has 0 unspecified atom stereocenters. The van der Waals surface area contributed by atoms with Crippen LogP contribution in [0.3, 0.4) is 0 Å². The highest BCUT2D eigenvalue weighted by Crippen LogP contribution is 2.38. The standard InChI is InChI=1S/C23H28N4O4/c1-15-5-10-21(25-13-15)27-11-12-30-22-18(3-2-4-19(22)27)23(29)26-16-6-8-17(9-7-16)31-14-20(24)28/h2-5,10,13,16-17H,6-9,11-12,14H2,1H3,(H2,24,28)(H,26,29). The number of aromatic nitrogens is 1. The average molecular weight is 425 g/mol. The van der Waals surface area contributed by atoms with Crippen molar-refractivity contribution in [2.45, 2.75) is 44.8 Å². The van der Waals surface area contributed by atoms with Crippen molar-refractivity contribution in [1.29, 1.82) is 0 Å². The van der Waals surface area contributed by atoms with Crippen molar-refractivity contribution < 1.29 is 19.1 Å². The van der Waals surface area contributed by atoms with Crippen LogP contribution in [-0.2, 0) is 9.53 Å². The number of pyridine rings is 1. The topological polar surface area (TPSA) is 107 Å². The predicted octanol–water partition coefficient (Wildman–Crippen LogP) is 2.46. The number of nitrogens with one attached hydrogen (secondary N) is 1. The van der Waals surface area contributed by atoms with E-state index in [1.165, 1.54) is 0 Å². The summed E-state index contributed by atoms with van der Waals surface area (Å²) in [7, 11) is 0. The van der Waals surface area contributed by atoms with Gasteiger partial charge in [-0.05, 0) is 56.4 Å². The van der Waals surface area contributed by atoms with Gasteiger partial charge in [0.25, 0.3) is 5.91 Å². The van der Waals surface area contributed by atoms with Gasteiger partial charge < -0.3 is 25.4 Å². The fraction of sp³-hybridized carbons (Fsp3) is 0.435. The highest BCUT2D eigenvalue weighted by molar-refractivity contribution is 5.99. The maximum absolute atomic E-state index is 13.1. The molecule has 1 saturated carbocycles. The van der Waals surface area contributed by atoms with Gasteiger partial charge in [-0.1, -0.05) is 12.1 Å². The summed E-state index contributed by atoms with van der Waals surface area (Å²) in [5.74, 6) is 0.824. The molecule has 0 spiro atoms. The van der Waals surface area contributed by atoms with Gasteiger partial charge in [0.2, 0.25) is 5.91 Å². The Morgan fingerprint density at radius 2 is 2.03 bits per heavy atom. The Morgan fingerprint density at radius 1 is 1.23 bits per heavy atom. The van der Waals surface area contributed by atoms with Crippen molar-refractivity contribution in [3.05, 3.63) is 47.7 Å². The monoisotopic (exact) mass is 424 g/mol. The van der Waals surface area contributed by atoms with E-state index in [9.17, 15) is 9.59 Å². The molecule has 8 heteroatoms. The predicted molar refractivity (Wildman–Crippen MR) is 117 cm³/mol. The molecule has 1 aliphatic heterocycles. The Balaban J connectivity index is 1.44. The molecule has 1 aromatic carbocycles. The minimum Gasteiger partial charge on any atom is -0.489 e. The van der Waals surface area contributed by atoms with Crippen LogP contribution in [0.15, 0.2) is 36.5 Å². The lowest BCUT2D eigenvalue weighted by Gasteiger charge is -2.32. The molecule has 0 saturated heterocycles. The Hall–Kier alpha value is -3.13. The van der Waals surface area contributed by atoms with E-state index >= 15 is 0 Å². The summed E-state index contributed by atoms with van der Waals surface area (Å²) in [5, 5.41) is 3.13. The van der Waals surface area contributed by atoms with Gasteiger partial charge in [0, 0.05) is 12.2 Å². The second-order valence-corrected chi connectivity index (χ2v) is 8.07. The zero-order valence-corrected chi connectivity index (χ0v) is 17.7. The second kappa shape index (κ2) is 9.34. The number of ether oxygens (including phenoxy) is 2. The van der Waals surface area contributed by atoms with Crippen molar-refractivity contribution in [3.63, 3.8) is 0 Å². The van der Waals surface area contributed by atoms with Gasteiger partial charge in [0.15, 0.2) is 5.75 Å². The van der Waals surface area contributed by atoms with E-state index in [1.807, 2.05) is 37.4 Å². The molecule has 0 atom stereocenters. The highest BCUT2D eigenvalue weighted by Gasteiger charge is 2.28. The van der Waals surface area contributed by atoms with Crippen LogP contribution in [0.5, 0.6) is 5.75 Å². The van der Waals surface area contributed by atoms with E-state index in [1.54, 1.807) is 6.07 Å². The van der Waals surface area contributed by atoms with Crippen molar-refractivity contribution in [3.8, 4) is 5.75 Å². The van der Waals surface area contributed by atoms with Crippen LogP contribution in [0.1, 0.15) is 41.6 Å². The molecule has 4 rings (SSSR count). The molecule has 1 aromatic heterocycles. The number of anilines is 2. The number of hydrogen-bond acceptors (Lipinski definition) is 6. The van der Waals surface area contributed by atoms with Gasteiger partial charge in [0.1, 0.15) is 19.0 Å². The third-order valence-corrected chi connectivity index (χ3v) is 5.73. The third kappa shape index (κ3) is 4.96. The summed E-state index contributed by atoms with van der Waals surface area (Å²) < 4.78 is 11.4. The first-order valence-corrected chi connectivity index (χ1v) is 10.7. The number of carbonyl (C=O) groups excluding carboxylic acids is 2.